The van der Waals surface area contributed by atoms with Gasteiger partial charge in [-0.2, -0.15) is 0 Å². The predicted molar refractivity (Wildman–Crippen MR) is 391 cm³/mol. The molecule has 0 rings (SSSR count). The molecule has 5 atom stereocenters. The molecule has 2 unspecified atom stereocenters. The fourth-order valence-corrected chi connectivity index (χ4v) is 13.5. The van der Waals surface area contributed by atoms with Crippen LogP contribution in [-0.2, 0) is 65.4 Å². The molecule has 0 spiro atoms. The first kappa shape index (κ1) is 94.1. The Labute approximate surface area is 588 Å². The maximum absolute atomic E-state index is 13.1. The third-order valence-electron chi connectivity index (χ3n) is 18.1. The van der Waals surface area contributed by atoms with Crippen LogP contribution in [-0.4, -0.2) is 96.7 Å². The van der Waals surface area contributed by atoms with E-state index in [1.54, 1.807) is 0 Å². The SMILES string of the molecule is CCCCCCCCCCCCCCCCCCCCC(=O)O[C@H](COC(=O)CCCCCCCCCCCCCCCCCC)COP(=O)(O)OC[C@@H](O)COP(=O)(O)OC[C@@H](COC(=O)CCCCCCCCCCC)OC(=O)CCCCCCCCCCCCCCC. The number of phosphoric acid groups is 2. The number of rotatable bonds is 78. The zero-order valence-corrected chi connectivity index (χ0v) is 64.1. The van der Waals surface area contributed by atoms with E-state index in [4.69, 9.17) is 37.0 Å². The lowest BCUT2D eigenvalue weighted by atomic mass is 10.0. The van der Waals surface area contributed by atoms with Gasteiger partial charge in [0.15, 0.2) is 12.2 Å². The van der Waals surface area contributed by atoms with Crippen LogP contribution in [0.4, 0.5) is 0 Å². The van der Waals surface area contributed by atoms with Crippen LogP contribution in [0.15, 0.2) is 0 Å². The third-order valence-corrected chi connectivity index (χ3v) is 20.0. The summed E-state index contributed by atoms with van der Waals surface area (Å²) in [6, 6.07) is 0. The average molecular weight is 1410 g/mol. The lowest BCUT2D eigenvalue weighted by Crippen LogP contribution is -2.30. The van der Waals surface area contributed by atoms with Crippen LogP contribution in [0.25, 0.3) is 0 Å². The number of carbonyl (C=O) groups excluding carboxylic acids is 4. The highest BCUT2D eigenvalue weighted by molar-refractivity contribution is 7.47. The first-order chi connectivity index (χ1) is 46.7. The van der Waals surface area contributed by atoms with Gasteiger partial charge in [-0.1, -0.05) is 362 Å². The molecule has 0 amide bonds. The number of hydrogen-bond acceptors (Lipinski definition) is 15. The first-order valence-corrected chi connectivity index (χ1v) is 43.3. The van der Waals surface area contributed by atoms with Crippen LogP contribution in [0.5, 0.6) is 0 Å². The molecule has 0 aromatic rings. The monoisotopic (exact) mass is 1410 g/mol. The van der Waals surface area contributed by atoms with Gasteiger partial charge < -0.3 is 33.8 Å². The summed E-state index contributed by atoms with van der Waals surface area (Å²) in [7, 11) is -9.91. The van der Waals surface area contributed by atoms with Crippen molar-refractivity contribution in [1.29, 1.82) is 0 Å². The second-order valence-electron chi connectivity index (χ2n) is 27.7. The first-order valence-electron chi connectivity index (χ1n) is 40.3. The fraction of sp³-hybridized carbons (Fsp3) is 0.948. The molecule has 17 nitrogen and oxygen atoms in total. The maximum atomic E-state index is 13.1. The van der Waals surface area contributed by atoms with E-state index in [0.717, 1.165) is 89.9 Å². The highest BCUT2D eigenvalue weighted by Crippen LogP contribution is 2.45. The number of hydrogen-bond donors (Lipinski definition) is 3. The average Bonchev–Trinajstić information content (AvgIpc) is 1.47. The van der Waals surface area contributed by atoms with Gasteiger partial charge in [0.2, 0.25) is 0 Å². The van der Waals surface area contributed by atoms with Crippen molar-refractivity contribution in [1.82, 2.24) is 0 Å². The molecular weight excluding hydrogens is 1260 g/mol. The molecule has 0 heterocycles. The number of unbranched alkanes of at least 4 members (excludes halogenated alkanes) is 52. The van der Waals surface area contributed by atoms with Crippen molar-refractivity contribution in [3.63, 3.8) is 0 Å². The maximum Gasteiger partial charge on any atom is 0.472 e. The second kappa shape index (κ2) is 71.5. The molecule has 0 aliphatic rings. The highest BCUT2D eigenvalue weighted by Gasteiger charge is 2.30. The summed E-state index contributed by atoms with van der Waals surface area (Å²) in [6.07, 6.45) is 62.3. The number of esters is 4. The summed E-state index contributed by atoms with van der Waals surface area (Å²) in [4.78, 5) is 72.8. The minimum absolute atomic E-state index is 0.108. The van der Waals surface area contributed by atoms with Gasteiger partial charge in [-0.3, -0.25) is 37.3 Å². The molecule has 0 aromatic heterocycles. The van der Waals surface area contributed by atoms with Crippen molar-refractivity contribution in [3.05, 3.63) is 0 Å². The Hall–Kier alpha value is -1.94. The number of aliphatic hydroxyl groups is 1. The van der Waals surface area contributed by atoms with E-state index >= 15 is 0 Å². The predicted octanol–water partition coefficient (Wildman–Crippen LogP) is 23.0. The summed E-state index contributed by atoms with van der Waals surface area (Å²) in [5, 5.41) is 10.6. The summed E-state index contributed by atoms with van der Waals surface area (Å²) in [6.45, 7) is 4.99. The van der Waals surface area contributed by atoms with Gasteiger partial charge in [-0.15, -0.1) is 0 Å². The van der Waals surface area contributed by atoms with Crippen molar-refractivity contribution >= 4 is 39.5 Å². The van der Waals surface area contributed by atoms with Gasteiger partial charge in [0.25, 0.3) is 0 Å². The van der Waals surface area contributed by atoms with Crippen molar-refractivity contribution in [2.75, 3.05) is 39.6 Å². The van der Waals surface area contributed by atoms with Gasteiger partial charge in [0.05, 0.1) is 26.4 Å². The topological polar surface area (TPSA) is 237 Å². The lowest BCUT2D eigenvalue weighted by Gasteiger charge is -2.21. The Morgan fingerprint density at radius 2 is 0.417 bits per heavy atom. The van der Waals surface area contributed by atoms with Crippen molar-refractivity contribution in [2.24, 2.45) is 0 Å². The van der Waals surface area contributed by atoms with E-state index in [0.29, 0.717) is 25.7 Å². The fourth-order valence-electron chi connectivity index (χ4n) is 11.9. The molecule has 0 saturated heterocycles. The molecule has 0 aliphatic carbocycles. The summed E-state index contributed by atoms with van der Waals surface area (Å²) in [5.74, 6) is -2.11. The minimum Gasteiger partial charge on any atom is -0.462 e. The van der Waals surface area contributed by atoms with Crippen molar-refractivity contribution in [3.8, 4) is 0 Å². The second-order valence-corrected chi connectivity index (χ2v) is 30.7. The molecule has 19 heteroatoms. The Balaban J connectivity index is 5.22. The Kier molecular flexibility index (Phi) is 70.0. The van der Waals surface area contributed by atoms with Crippen LogP contribution in [0, 0.1) is 0 Å². The van der Waals surface area contributed by atoms with E-state index < -0.39 is 97.5 Å². The normalized spacial score (nSPS) is 13.9. The minimum atomic E-state index is -4.96. The molecule has 0 aliphatic heterocycles. The van der Waals surface area contributed by atoms with Gasteiger partial charge in [-0.05, 0) is 25.7 Å². The van der Waals surface area contributed by atoms with E-state index in [-0.39, 0.29) is 25.7 Å². The van der Waals surface area contributed by atoms with Crippen molar-refractivity contribution < 1.29 is 80.2 Å². The number of phosphoric ester groups is 2. The smallest absolute Gasteiger partial charge is 0.462 e. The van der Waals surface area contributed by atoms with Gasteiger partial charge in [0.1, 0.15) is 19.3 Å². The van der Waals surface area contributed by atoms with E-state index in [1.165, 1.54) is 244 Å². The van der Waals surface area contributed by atoms with Crippen LogP contribution in [0.1, 0.15) is 413 Å². The van der Waals surface area contributed by atoms with Gasteiger partial charge in [0, 0.05) is 25.7 Å². The molecule has 0 bridgehead atoms. The molecule has 96 heavy (non-hydrogen) atoms. The van der Waals surface area contributed by atoms with Crippen LogP contribution in [0.3, 0.4) is 0 Å². The quantitative estimate of drug-likeness (QED) is 0.0222. The van der Waals surface area contributed by atoms with Gasteiger partial charge in [-0.25, -0.2) is 9.13 Å². The molecule has 0 radical (unpaired) electrons. The van der Waals surface area contributed by atoms with E-state index in [9.17, 15) is 43.2 Å². The zero-order chi connectivity index (χ0) is 70.4. The zero-order valence-electron chi connectivity index (χ0n) is 62.4. The Morgan fingerprint density at radius 1 is 0.250 bits per heavy atom. The molecule has 0 saturated carbocycles. The van der Waals surface area contributed by atoms with E-state index in [1.807, 2.05) is 0 Å². The molecule has 3 N–H and O–H groups in total. The van der Waals surface area contributed by atoms with Crippen LogP contribution in [0.2, 0.25) is 0 Å². The Morgan fingerprint density at radius 3 is 0.615 bits per heavy atom. The Bertz CT molecular complexity index is 1830. The molecular formula is C77H150O17P2. The molecule has 570 valence electrons. The summed E-state index contributed by atoms with van der Waals surface area (Å²) >= 11 is 0. The highest BCUT2D eigenvalue weighted by atomic mass is 31.2. The van der Waals surface area contributed by atoms with Crippen LogP contribution < -0.4 is 0 Å². The third kappa shape index (κ3) is 70.5. The largest absolute Gasteiger partial charge is 0.472 e. The number of ether oxygens (including phenoxy) is 4. The standard InChI is InChI=1S/C77H150O17P2/c1-5-9-13-17-21-25-28-31-33-35-36-38-41-44-48-52-56-60-64-77(82)94-73(68-88-75(80)62-58-54-50-46-42-40-37-34-32-29-26-22-18-14-10-6-2)70-92-96(85,86)90-66-71(78)65-89-95(83,84)91-69-72(67-87-74(79)61-57-53-49-45-24-20-16-12-8-4)93-76(81)63-59-55-51-47-43-39-30-27-23-19-15-11-7-3/h71-73,78H,5-70H2,1-4H3,(H,83,84)(H,85,86)/t71-,72+,73+/m0/s1. The van der Waals surface area contributed by atoms with E-state index in [2.05, 4.69) is 27.7 Å². The number of carbonyl (C=O) groups is 4. The molecule has 0 fully saturated rings. The van der Waals surface area contributed by atoms with Gasteiger partial charge >= 0.3 is 39.5 Å². The summed E-state index contributed by atoms with van der Waals surface area (Å²) < 4.78 is 68.5. The summed E-state index contributed by atoms with van der Waals surface area (Å²) in [5.41, 5.74) is 0. The van der Waals surface area contributed by atoms with Crippen LogP contribution >= 0.6 is 15.6 Å². The molecule has 0 aromatic carbocycles. The van der Waals surface area contributed by atoms with Crippen molar-refractivity contribution in [2.45, 2.75) is 431 Å². The lowest BCUT2D eigenvalue weighted by molar-refractivity contribution is -0.161. The number of aliphatic hydroxyl groups excluding tert-OH is 1.